The molecule has 5 aromatic rings. The van der Waals surface area contributed by atoms with Gasteiger partial charge < -0.3 is 10.6 Å². The molecule has 1 unspecified atom stereocenters. The predicted molar refractivity (Wildman–Crippen MR) is 152 cm³/mol. The van der Waals surface area contributed by atoms with Crippen LogP contribution in [0.1, 0.15) is 33.1 Å². The number of rotatable bonds is 8. The van der Waals surface area contributed by atoms with E-state index in [1.807, 2.05) is 67.6 Å². The van der Waals surface area contributed by atoms with Gasteiger partial charge in [-0.05, 0) is 59.5 Å². The minimum absolute atomic E-state index is 0.276. The van der Waals surface area contributed by atoms with Crippen LogP contribution < -0.4 is 10.6 Å². The molecule has 3 aromatic carbocycles. The Labute approximate surface area is 231 Å². The van der Waals surface area contributed by atoms with E-state index >= 15 is 4.39 Å². The predicted octanol–water partition coefficient (Wildman–Crippen LogP) is 5.50. The number of nitrogens with zero attached hydrogens (tertiary/aromatic N) is 3. The Morgan fingerprint density at radius 2 is 1.52 bits per heavy atom. The van der Waals surface area contributed by atoms with E-state index in [0.717, 1.165) is 22.3 Å². The Hall–Kier alpha value is -5.11. The molecule has 0 aliphatic carbocycles. The second-order valence-corrected chi connectivity index (χ2v) is 9.46. The van der Waals surface area contributed by atoms with Crippen LogP contribution in [0.4, 0.5) is 10.1 Å². The molecule has 0 aliphatic rings. The molecule has 2 heterocycles. The van der Waals surface area contributed by atoms with Crippen LogP contribution in [-0.4, -0.2) is 32.6 Å². The van der Waals surface area contributed by atoms with Gasteiger partial charge in [0.1, 0.15) is 17.6 Å². The minimum Gasteiger partial charge on any atom is -0.338 e. The molecule has 2 aromatic heterocycles. The summed E-state index contributed by atoms with van der Waals surface area (Å²) in [5, 5.41) is 9.83. The fourth-order valence-corrected chi connectivity index (χ4v) is 4.82. The number of carbonyl (C=O) groups is 2. The highest BCUT2D eigenvalue weighted by Crippen LogP contribution is 2.31. The molecule has 0 aliphatic heterocycles. The zero-order valence-electron chi connectivity index (χ0n) is 22.1. The van der Waals surface area contributed by atoms with E-state index in [-0.39, 0.29) is 5.69 Å². The van der Waals surface area contributed by atoms with E-state index in [9.17, 15) is 9.59 Å². The summed E-state index contributed by atoms with van der Waals surface area (Å²) in [6, 6.07) is 25.9. The number of hydrogen-bond donors (Lipinski definition) is 2. The Morgan fingerprint density at radius 3 is 2.10 bits per heavy atom. The van der Waals surface area contributed by atoms with Crippen molar-refractivity contribution in [2.75, 3.05) is 5.32 Å². The maximum Gasteiger partial charge on any atom is 0.270 e. The summed E-state index contributed by atoms with van der Waals surface area (Å²) in [6.07, 6.45) is 4.80. The van der Waals surface area contributed by atoms with Crippen molar-refractivity contribution in [3.63, 3.8) is 0 Å². The van der Waals surface area contributed by atoms with E-state index < -0.39 is 29.6 Å². The fourth-order valence-electron chi connectivity index (χ4n) is 4.82. The van der Waals surface area contributed by atoms with Crippen LogP contribution in [0.2, 0.25) is 0 Å². The van der Waals surface area contributed by atoms with Gasteiger partial charge in [0.25, 0.3) is 5.91 Å². The third-order valence-electron chi connectivity index (χ3n) is 6.82. The Balaban J connectivity index is 1.51. The summed E-state index contributed by atoms with van der Waals surface area (Å²) in [6.45, 7) is 1.86. The van der Waals surface area contributed by atoms with Gasteiger partial charge in [-0.3, -0.25) is 19.3 Å². The Morgan fingerprint density at radius 1 is 0.850 bits per heavy atom. The summed E-state index contributed by atoms with van der Waals surface area (Å²) in [5.41, 5.74) is 4.23. The lowest BCUT2D eigenvalue weighted by Gasteiger charge is -2.28. The van der Waals surface area contributed by atoms with Crippen molar-refractivity contribution < 1.29 is 14.0 Å². The smallest absolute Gasteiger partial charge is 0.270 e. The van der Waals surface area contributed by atoms with E-state index in [1.165, 1.54) is 16.9 Å². The normalized spacial score (nSPS) is 11.7. The maximum atomic E-state index is 15.2. The lowest BCUT2D eigenvalue weighted by Crippen LogP contribution is -2.48. The quantitative estimate of drug-likeness (QED) is 0.276. The van der Waals surface area contributed by atoms with Crippen molar-refractivity contribution in [2.24, 2.45) is 7.05 Å². The van der Waals surface area contributed by atoms with Crippen LogP contribution in [0.25, 0.3) is 11.1 Å². The summed E-state index contributed by atoms with van der Waals surface area (Å²) in [4.78, 5) is 31.3. The number of pyridine rings is 1. The number of aryl methyl sites for hydroxylation is 2. The molecule has 200 valence electrons. The number of benzene rings is 3. The average molecular weight is 534 g/mol. The van der Waals surface area contributed by atoms with Crippen LogP contribution >= 0.6 is 0 Å². The minimum atomic E-state index is -1.03. The van der Waals surface area contributed by atoms with Gasteiger partial charge >= 0.3 is 0 Å². The van der Waals surface area contributed by atoms with Gasteiger partial charge in [-0.25, -0.2) is 4.39 Å². The lowest BCUT2D eigenvalue weighted by atomic mass is 9.84. The molecule has 0 spiro atoms. The van der Waals surface area contributed by atoms with Crippen LogP contribution in [0.3, 0.4) is 0 Å². The van der Waals surface area contributed by atoms with Crippen molar-refractivity contribution in [1.82, 2.24) is 20.1 Å². The molecule has 5 rings (SSSR count). The van der Waals surface area contributed by atoms with Crippen molar-refractivity contribution >= 4 is 17.5 Å². The standard InChI is InChI=1S/C32H28FN5O2/c1-21-20-34-17-15-25(21)26-14-13-24(19-27(26)33)36-32(40)30(37-31(39)28-16-18-35-38(28)2)29(22-9-5-3-6-10-22)23-11-7-4-8-12-23/h3-20,29-30H,1-2H3,(H,36,40)(H,37,39). The molecule has 0 fully saturated rings. The van der Waals surface area contributed by atoms with Gasteiger partial charge in [0.15, 0.2) is 0 Å². The molecule has 0 radical (unpaired) electrons. The molecule has 8 heteroatoms. The van der Waals surface area contributed by atoms with Crippen LogP contribution in [0, 0.1) is 12.7 Å². The van der Waals surface area contributed by atoms with E-state index in [1.54, 1.807) is 43.7 Å². The van der Waals surface area contributed by atoms with Gasteiger partial charge in [-0.15, -0.1) is 0 Å². The first-order valence-corrected chi connectivity index (χ1v) is 12.8. The summed E-state index contributed by atoms with van der Waals surface area (Å²) < 4.78 is 16.7. The van der Waals surface area contributed by atoms with Gasteiger partial charge in [0.05, 0.1) is 0 Å². The van der Waals surface area contributed by atoms with Gasteiger partial charge in [-0.2, -0.15) is 5.10 Å². The highest BCUT2D eigenvalue weighted by Gasteiger charge is 2.33. The monoisotopic (exact) mass is 533 g/mol. The molecule has 1 atom stereocenters. The first-order chi connectivity index (χ1) is 19.4. The average Bonchev–Trinajstić information content (AvgIpc) is 3.40. The SMILES string of the molecule is Cc1cnccc1-c1ccc(NC(=O)C(NC(=O)c2ccnn2C)C(c2ccccc2)c2ccccc2)cc1F. The third kappa shape index (κ3) is 5.66. The first kappa shape index (κ1) is 26.5. The van der Waals surface area contributed by atoms with E-state index in [0.29, 0.717) is 11.3 Å². The third-order valence-corrected chi connectivity index (χ3v) is 6.82. The molecule has 2 N–H and O–H groups in total. The molecule has 0 saturated heterocycles. The van der Waals surface area contributed by atoms with Crippen molar-refractivity contribution in [2.45, 2.75) is 18.9 Å². The largest absolute Gasteiger partial charge is 0.338 e. The van der Waals surface area contributed by atoms with E-state index in [4.69, 9.17) is 0 Å². The highest BCUT2D eigenvalue weighted by molar-refractivity contribution is 6.01. The number of aromatic nitrogens is 3. The van der Waals surface area contributed by atoms with Gasteiger partial charge in [0.2, 0.25) is 5.91 Å². The second-order valence-electron chi connectivity index (χ2n) is 9.46. The fraction of sp³-hybridized carbons (Fsp3) is 0.125. The van der Waals surface area contributed by atoms with Crippen LogP contribution in [-0.2, 0) is 11.8 Å². The number of hydrogen-bond acceptors (Lipinski definition) is 4. The van der Waals surface area contributed by atoms with Gasteiger partial charge in [0, 0.05) is 42.8 Å². The van der Waals surface area contributed by atoms with Crippen LogP contribution in [0.15, 0.2) is 110 Å². The zero-order chi connectivity index (χ0) is 28.1. The first-order valence-electron chi connectivity index (χ1n) is 12.8. The molecule has 0 bridgehead atoms. The van der Waals surface area contributed by atoms with Crippen LogP contribution in [0.5, 0.6) is 0 Å². The number of nitrogens with one attached hydrogen (secondary N) is 2. The number of carbonyl (C=O) groups excluding carboxylic acids is 2. The highest BCUT2D eigenvalue weighted by atomic mass is 19.1. The Kier molecular flexibility index (Phi) is 7.77. The molecule has 40 heavy (non-hydrogen) atoms. The number of anilines is 1. The number of amides is 2. The summed E-state index contributed by atoms with van der Waals surface area (Å²) in [7, 11) is 1.66. The summed E-state index contributed by atoms with van der Waals surface area (Å²) in [5.74, 6) is -1.94. The van der Waals surface area contributed by atoms with E-state index in [2.05, 4.69) is 20.7 Å². The molecular weight excluding hydrogens is 505 g/mol. The van der Waals surface area contributed by atoms with Gasteiger partial charge in [-0.1, -0.05) is 60.7 Å². The van der Waals surface area contributed by atoms with Crippen molar-refractivity contribution in [3.8, 4) is 11.1 Å². The zero-order valence-corrected chi connectivity index (χ0v) is 22.1. The summed E-state index contributed by atoms with van der Waals surface area (Å²) >= 11 is 0. The maximum absolute atomic E-state index is 15.2. The molecule has 7 nitrogen and oxygen atoms in total. The second kappa shape index (κ2) is 11.7. The lowest BCUT2D eigenvalue weighted by molar-refractivity contribution is -0.118. The van der Waals surface area contributed by atoms with Crippen molar-refractivity contribution in [3.05, 3.63) is 138 Å². The van der Waals surface area contributed by atoms with Crippen molar-refractivity contribution in [1.29, 1.82) is 0 Å². The molecule has 0 saturated carbocycles. The molecular formula is C32H28FN5O2. The Bertz CT molecular complexity index is 1600. The molecule has 2 amide bonds. The number of halogens is 1. The topological polar surface area (TPSA) is 88.9 Å².